The number of rotatable bonds is 4. The van der Waals surface area contributed by atoms with Crippen molar-refractivity contribution in [3.8, 4) is 0 Å². The zero-order valence-corrected chi connectivity index (χ0v) is 10.4. The molecule has 0 aliphatic carbocycles. The Morgan fingerprint density at radius 2 is 2.44 bits per heavy atom. The molecule has 1 saturated heterocycles. The summed E-state index contributed by atoms with van der Waals surface area (Å²) in [5, 5.41) is 10.3. The molecule has 1 aliphatic heterocycles. The first-order valence-corrected chi connectivity index (χ1v) is 6.13. The van der Waals surface area contributed by atoms with Crippen LogP contribution in [0.1, 0.15) is 19.8 Å². The van der Waals surface area contributed by atoms with Gasteiger partial charge in [-0.25, -0.2) is 0 Å². The van der Waals surface area contributed by atoms with Crippen molar-refractivity contribution >= 4 is 11.8 Å². The van der Waals surface area contributed by atoms with Crippen molar-refractivity contribution < 1.29 is 9.59 Å². The van der Waals surface area contributed by atoms with Gasteiger partial charge in [-0.15, -0.1) is 5.10 Å². The smallest absolute Gasteiger partial charge is 0.242 e. The van der Waals surface area contributed by atoms with Crippen LogP contribution < -0.4 is 5.32 Å². The van der Waals surface area contributed by atoms with E-state index in [1.54, 1.807) is 22.0 Å². The molecule has 0 radical (unpaired) electrons. The van der Waals surface area contributed by atoms with Gasteiger partial charge in [-0.3, -0.25) is 14.3 Å². The van der Waals surface area contributed by atoms with Gasteiger partial charge in [-0.05, 0) is 6.42 Å². The Morgan fingerprint density at radius 1 is 1.61 bits per heavy atom. The Hall–Kier alpha value is -1.92. The van der Waals surface area contributed by atoms with Crippen molar-refractivity contribution in [3.63, 3.8) is 0 Å². The molecular formula is C11H17N5O2. The lowest BCUT2D eigenvalue weighted by Gasteiger charge is -2.34. The molecular weight excluding hydrogens is 234 g/mol. The van der Waals surface area contributed by atoms with Crippen LogP contribution in [0.2, 0.25) is 0 Å². The molecule has 2 heterocycles. The van der Waals surface area contributed by atoms with Crippen LogP contribution in [-0.2, 0) is 16.1 Å². The van der Waals surface area contributed by atoms with Crippen molar-refractivity contribution in [1.82, 2.24) is 25.2 Å². The number of piperazine rings is 1. The van der Waals surface area contributed by atoms with Crippen LogP contribution in [0.3, 0.4) is 0 Å². The van der Waals surface area contributed by atoms with E-state index in [1.165, 1.54) is 0 Å². The lowest BCUT2D eigenvalue weighted by Crippen LogP contribution is -2.57. The van der Waals surface area contributed by atoms with E-state index in [-0.39, 0.29) is 17.9 Å². The van der Waals surface area contributed by atoms with Crippen LogP contribution >= 0.6 is 0 Å². The minimum Gasteiger partial charge on any atom is -0.353 e. The average molecular weight is 251 g/mol. The van der Waals surface area contributed by atoms with Crippen molar-refractivity contribution in [2.75, 3.05) is 13.1 Å². The van der Waals surface area contributed by atoms with E-state index >= 15 is 0 Å². The van der Waals surface area contributed by atoms with Crippen LogP contribution in [0.5, 0.6) is 0 Å². The summed E-state index contributed by atoms with van der Waals surface area (Å²) in [4.78, 5) is 25.4. The van der Waals surface area contributed by atoms with Gasteiger partial charge in [-0.1, -0.05) is 12.1 Å². The molecule has 0 bridgehead atoms. The molecule has 0 aromatic carbocycles. The van der Waals surface area contributed by atoms with Gasteiger partial charge in [0.15, 0.2) is 0 Å². The molecule has 0 saturated carbocycles. The molecule has 2 rings (SSSR count). The van der Waals surface area contributed by atoms with E-state index in [9.17, 15) is 9.59 Å². The highest BCUT2D eigenvalue weighted by Crippen LogP contribution is 2.10. The molecule has 7 nitrogen and oxygen atoms in total. The summed E-state index contributed by atoms with van der Waals surface area (Å²) in [7, 11) is 0. The van der Waals surface area contributed by atoms with Gasteiger partial charge in [0.1, 0.15) is 6.04 Å². The predicted molar refractivity (Wildman–Crippen MR) is 63.4 cm³/mol. The number of hydrogen-bond acceptors (Lipinski definition) is 4. The third kappa shape index (κ3) is 2.66. The molecule has 7 heteroatoms. The van der Waals surface area contributed by atoms with Crippen LogP contribution in [0.4, 0.5) is 0 Å². The average Bonchev–Trinajstić information content (AvgIpc) is 2.88. The highest BCUT2D eigenvalue weighted by molar-refractivity contribution is 5.88. The Balaban J connectivity index is 1.92. The van der Waals surface area contributed by atoms with Crippen LogP contribution in [-0.4, -0.2) is 50.8 Å². The summed E-state index contributed by atoms with van der Waals surface area (Å²) in [6, 6.07) is -0.331. The maximum atomic E-state index is 12.1. The van der Waals surface area contributed by atoms with Crippen molar-refractivity contribution in [3.05, 3.63) is 12.4 Å². The topological polar surface area (TPSA) is 80.1 Å². The fourth-order valence-corrected chi connectivity index (χ4v) is 2.12. The monoisotopic (exact) mass is 251 g/mol. The van der Waals surface area contributed by atoms with Gasteiger partial charge < -0.3 is 10.2 Å². The highest BCUT2D eigenvalue weighted by Gasteiger charge is 2.30. The Labute approximate surface area is 105 Å². The lowest BCUT2D eigenvalue weighted by molar-refractivity contribution is -0.143. The maximum Gasteiger partial charge on any atom is 0.242 e. The van der Waals surface area contributed by atoms with E-state index in [1.807, 2.05) is 6.92 Å². The molecule has 1 atom stereocenters. The number of aromatic nitrogens is 3. The molecule has 1 fully saturated rings. The summed E-state index contributed by atoms with van der Waals surface area (Å²) < 4.78 is 1.61. The van der Waals surface area contributed by atoms with Crippen molar-refractivity contribution in [1.29, 1.82) is 0 Å². The van der Waals surface area contributed by atoms with Crippen LogP contribution in [0.25, 0.3) is 0 Å². The van der Waals surface area contributed by atoms with Gasteiger partial charge in [0.25, 0.3) is 0 Å². The van der Waals surface area contributed by atoms with Gasteiger partial charge in [-0.2, -0.15) is 0 Å². The number of aryl methyl sites for hydroxylation is 1. The third-order valence-corrected chi connectivity index (χ3v) is 3.06. The van der Waals surface area contributed by atoms with E-state index in [2.05, 4.69) is 15.6 Å². The summed E-state index contributed by atoms with van der Waals surface area (Å²) in [6.07, 6.45) is 4.27. The van der Waals surface area contributed by atoms with Crippen LogP contribution in [0, 0.1) is 0 Å². The van der Waals surface area contributed by atoms with Gasteiger partial charge in [0, 0.05) is 25.7 Å². The molecule has 1 aromatic heterocycles. The molecule has 1 aromatic rings. The number of nitrogens with zero attached hydrogens (tertiary/aromatic N) is 4. The molecule has 98 valence electrons. The van der Waals surface area contributed by atoms with Crippen LogP contribution in [0.15, 0.2) is 12.4 Å². The van der Waals surface area contributed by atoms with Crippen molar-refractivity contribution in [2.24, 2.45) is 0 Å². The number of carbonyl (C=O) groups excluding carboxylic acids is 2. The second-order valence-corrected chi connectivity index (χ2v) is 4.22. The minimum atomic E-state index is -0.331. The number of carbonyl (C=O) groups is 2. The molecule has 1 N–H and O–H groups in total. The first kappa shape index (κ1) is 12.5. The second kappa shape index (κ2) is 5.61. The minimum absolute atomic E-state index is 0.00722. The number of amides is 2. The molecule has 1 aliphatic rings. The quantitative estimate of drug-likeness (QED) is 0.775. The second-order valence-electron chi connectivity index (χ2n) is 4.22. The van der Waals surface area contributed by atoms with Crippen molar-refractivity contribution in [2.45, 2.75) is 32.4 Å². The van der Waals surface area contributed by atoms with Gasteiger partial charge >= 0.3 is 0 Å². The maximum absolute atomic E-state index is 12.1. The third-order valence-electron chi connectivity index (χ3n) is 3.06. The summed E-state index contributed by atoms with van der Waals surface area (Å²) in [5.41, 5.74) is 0. The fourth-order valence-electron chi connectivity index (χ4n) is 2.12. The van der Waals surface area contributed by atoms with E-state index in [0.29, 0.717) is 32.5 Å². The molecule has 1 unspecified atom stereocenters. The SMILES string of the molecule is CCC1C(=O)NCCN1C(=O)CCn1ccnn1. The summed E-state index contributed by atoms with van der Waals surface area (Å²) in [6.45, 7) is 3.52. The Kier molecular flexibility index (Phi) is 3.91. The largest absolute Gasteiger partial charge is 0.353 e. The zero-order valence-electron chi connectivity index (χ0n) is 10.4. The molecule has 18 heavy (non-hydrogen) atoms. The standard InChI is InChI=1S/C11H17N5O2/c1-2-9-11(18)12-4-8-16(9)10(17)3-6-15-7-5-13-14-15/h5,7,9H,2-4,6,8H2,1H3,(H,12,18). The van der Waals surface area contributed by atoms with E-state index in [0.717, 1.165) is 0 Å². The number of hydrogen-bond donors (Lipinski definition) is 1. The zero-order chi connectivity index (χ0) is 13.0. The lowest BCUT2D eigenvalue weighted by atomic mass is 10.1. The van der Waals surface area contributed by atoms with E-state index < -0.39 is 0 Å². The summed E-state index contributed by atoms with van der Waals surface area (Å²) >= 11 is 0. The molecule has 0 spiro atoms. The Morgan fingerprint density at radius 3 is 3.11 bits per heavy atom. The van der Waals surface area contributed by atoms with E-state index in [4.69, 9.17) is 0 Å². The number of nitrogens with one attached hydrogen (secondary N) is 1. The first-order valence-electron chi connectivity index (χ1n) is 6.13. The summed E-state index contributed by atoms with van der Waals surface area (Å²) in [5.74, 6) is -0.0648. The first-order chi connectivity index (χ1) is 8.72. The van der Waals surface area contributed by atoms with Gasteiger partial charge in [0.05, 0.1) is 12.7 Å². The predicted octanol–water partition coefficient (Wildman–Crippen LogP) is -0.595. The fraction of sp³-hybridized carbons (Fsp3) is 0.636. The normalized spacial score (nSPS) is 19.7. The Bertz CT molecular complexity index is 417. The van der Waals surface area contributed by atoms with Gasteiger partial charge in [0.2, 0.25) is 11.8 Å². The molecule has 2 amide bonds. The highest BCUT2D eigenvalue weighted by atomic mass is 16.2.